The van der Waals surface area contributed by atoms with E-state index in [1.54, 1.807) is 19.9 Å². The van der Waals surface area contributed by atoms with Gasteiger partial charge in [-0.1, -0.05) is 0 Å². The lowest BCUT2D eigenvalue weighted by Gasteiger charge is -2.11. The fourth-order valence-corrected chi connectivity index (χ4v) is 2.11. The van der Waals surface area contributed by atoms with E-state index < -0.39 is 11.7 Å². The van der Waals surface area contributed by atoms with Crippen molar-refractivity contribution in [3.05, 3.63) is 33.9 Å². The molecular formula is C14H16O5. The van der Waals surface area contributed by atoms with Crippen molar-refractivity contribution in [3.8, 4) is 11.5 Å². The molecule has 1 unspecified atom stereocenters. The lowest BCUT2D eigenvalue weighted by molar-refractivity contribution is 0.186. The standard InChI is InChI=1S/C14H16O5/c1-7(15)4-10-5-9-6-11(16)8(2)13(18-3)12(9)14(17)19-10/h5-7,15-16H,4H2,1-3H3. The molecule has 1 aromatic carbocycles. The van der Waals surface area contributed by atoms with Crippen LogP contribution in [0.1, 0.15) is 18.2 Å². The average molecular weight is 264 g/mol. The molecule has 0 aliphatic rings. The maximum atomic E-state index is 12.0. The largest absolute Gasteiger partial charge is 0.508 e. The van der Waals surface area contributed by atoms with Gasteiger partial charge in [-0.25, -0.2) is 4.79 Å². The summed E-state index contributed by atoms with van der Waals surface area (Å²) >= 11 is 0. The van der Waals surface area contributed by atoms with Crippen molar-refractivity contribution in [2.24, 2.45) is 0 Å². The first-order valence-electron chi connectivity index (χ1n) is 5.95. The van der Waals surface area contributed by atoms with E-state index in [-0.39, 0.29) is 12.2 Å². The summed E-state index contributed by atoms with van der Waals surface area (Å²) in [5.74, 6) is 0.739. The van der Waals surface area contributed by atoms with Crippen molar-refractivity contribution in [3.63, 3.8) is 0 Å². The lowest BCUT2D eigenvalue weighted by Crippen LogP contribution is -2.09. The third-order valence-corrected chi connectivity index (χ3v) is 2.98. The van der Waals surface area contributed by atoms with Crippen molar-refractivity contribution in [1.29, 1.82) is 0 Å². The van der Waals surface area contributed by atoms with Gasteiger partial charge in [0, 0.05) is 12.0 Å². The van der Waals surface area contributed by atoms with Gasteiger partial charge in [-0.3, -0.25) is 0 Å². The maximum Gasteiger partial charge on any atom is 0.347 e. The molecule has 0 saturated carbocycles. The minimum absolute atomic E-state index is 0.0537. The Hall–Kier alpha value is -2.01. The lowest BCUT2D eigenvalue weighted by atomic mass is 10.1. The Bertz CT molecular complexity index is 670. The van der Waals surface area contributed by atoms with Gasteiger partial charge in [-0.15, -0.1) is 0 Å². The molecule has 1 heterocycles. The van der Waals surface area contributed by atoms with E-state index in [4.69, 9.17) is 9.15 Å². The van der Waals surface area contributed by atoms with Gasteiger partial charge in [-0.05, 0) is 31.4 Å². The fourth-order valence-electron chi connectivity index (χ4n) is 2.11. The molecule has 0 spiro atoms. The minimum atomic E-state index is -0.610. The van der Waals surface area contributed by atoms with Crippen molar-refractivity contribution in [2.45, 2.75) is 26.4 Å². The van der Waals surface area contributed by atoms with Crippen LogP contribution in [0.2, 0.25) is 0 Å². The van der Waals surface area contributed by atoms with Gasteiger partial charge in [0.2, 0.25) is 0 Å². The van der Waals surface area contributed by atoms with E-state index in [9.17, 15) is 15.0 Å². The summed E-state index contributed by atoms with van der Waals surface area (Å²) in [5, 5.41) is 20.0. The molecule has 1 aromatic heterocycles. The number of rotatable bonds is 3. The van der Waals surface area contributed by atoms with Crippen LogP contribution in [0.4, 0.5) is 0 Å². The number of aliphatic hydroxyl groups excluding tert-OH is 1. The quantitative estimate of drug-likeness (QED) is 0.882. The topological polar surface area (TPSA) is 79.9 Å². The number of benzene rings is 1. The molecule has 0 bridgehead atoms. The van der Waals surface area contributed by atoms with Gasteiger partial charge < -0.3 is 19.4 Å². The zero-order valence-electron chi connectivity index (χ0n) is 11.1. The van der Waals surface area contributed by atoms with Crippen molar-refractivity contribution < 1.29 is 19.4 Å². The Labute approximate surface area is 110 Å². The molecule has 102 valence electrons. The SMILES string of the molecule is COc1c(C)c(O)cc2cc(CC(C)O)oc(=O)c12. The summed E-state index contributed by atoms with van der Waals surface area (Å²) < 4.78 is 10.3. The number of aromatic hydroxyl groups is 1. The van der Waals surface area contributed by atoms with Gasteiger partial charge in [0.25, 0.3) is 0 Å². The van der Waals surface area contributed by atoms with E-state index in [0.29, 0.717) is 27.8 Å². The van der Waals surface area contributed by atoms with Crippen molar-refractivity contribution in [2.75, 3.05) is 7.11 Å². The van der Waals surface area contributed by atoms with Crippen molar-refractivity contribution >= 4 is 10.8 Å². The zero-order chi connectivity index (χ0) is 14.2. The number of methoxy groups -OCH3 is 1. The number of phenols is 1. The van der Waals surface area contributed by atoms with Crippen LogP contribution in [-0.2, 0) is 6.42 Å². The highest BCUT2D eigenvalue weighted by Gasteiger charge is 2.16. The van der Waals surface area contributed by atoms with Gasteiger partial charge in [0.1, 0.15) is 22.6 Å². The average Bonchev–Trinajstić information content (AvgIpc) is 2.30. The second-order valence-corrected chi connectivity index (χ2v) is 4.57. The first-order valence-corrected chi connectivity index (χ1v) is 5.95. The first kappa shape index (κ1) is 13.4. The third kappa shape index (κ3) is 2.42. The minimum Gasteiger partial charge on any atom is -0.508 e. The molecule has 2 aromatic rings. The van der Waals surface area contributed by atoms with Crippen LogP contribution in [0.3, 0.4) is 0 Å². The van der Waals surface area contributed by atoms with Crippen LogP contribution in [0.25, 0.3) is 10.8 Å². The Morgan fingerprint density at radius 3 is 2.68 bits per heavy atom. The molecule has 0 aliphatic heterocycles. The molecular weight excluding hydrogens is 248 g/mol. The highest BCUT2D eigenvalue weighted by atomic mass is 16.5. The Kier molecular flexibility index (Phi) is 3.48. The highest BCUT2D eigenvalue weighted by molar-refractivity contribution is 5.90. The normalized spacial score (nSPS) is 12.6. The predicted octanol–water partition coefficient (Wildman–Crippen LogP) is 1.74. The van der Waals surface area contributed by atoms with Gasteiger partial charge >= 0.3 is 5.63 Å². The summed E-state index contributed by atoms with van der Waals surface area (Å²) in [7, 11) is 1.43. The first-order chi connectivity index (χ1) is 8.93. The number of fused-ring (bicyclic) bond motifs is 1. The van der Waals surface area contributed by atoms with Crippen LogP contribution >= 0.6 is 0 Å². The molecule has 2 rings (SSSR count). The molecule has 2 N–H and O–H groups in total. The summed E-state index contributed by atoms with van der Waals surface area (Å²) in [4.78, 5) is 12.0. The molecule has 0 fully saturated rings. The summed E-state index contributed by atoms with van der Waals surface area (Å²) in [6, 6.07) is 3.13. The van der Waals surface area contributed by atoms with Crippen LogP contribution in [-0.4, -0.2) is 23.4 Å². The predicted molar refractivity (Wildman–Crippen MR) is 70.8 cm³/mol. The van der Waals surface area contributed by atoms with E-state index >= 15 is 0 Å². The van der Waals surface area contributed by atoms with Crippen LogP contribution < -0.4 is 10.4 Å². The number of phenolic OH excluding ortho intramolecular Hbond substituents is 1. The number of aliphatic hydroxyl groups is 1. The highest BCUT2D eigenvalue weighted by Crippen LogP contribution is 2.34. The van der Waals surface area contributed by atoms with Gasteiger partial charge in [0.15, 0.2) is 0 Å². The molecule has 5 heteroatoms. The molecule has 0 radical (unpaired) electrons. The molecule has 1 atom stereocenters. The number of hydrogen-bond acceptors (Lipinski definition) is 5. The second-order valence-electron chi connectivity index (χ2n) is 4.57. The monoisotopic (exact) mass is 264 g/mol. The second kappa shape index (κ2) is 4.93. The Morgan fingerprint density at radius 1 is 1.42 bits per heavy atom. The van der Waals surface area contributed by atoms with Crippen molar-refractivity contribution in [1.82, 2.24) is 0 Å². The van der Waals surface area contributed by atoms with E-state index in [1.807, 2.05) is 0 Å². The smallest absolute Gasteiger partial charge is 0.347 e. The molecule has 5 nitrogen and oxygen atoms in total. The summed E-state index contributed by atoms with van der Waals surface area (Å²) in [6.07, 6.45) is -0.371. The van der Waals surface area contributed by atoms with Gasteiger partial charge in [-0.2, -0.15) is 0 Å². The van der Waals surface area contributed by atoms with Crippen LogP contribution in [0.5, 0.6) is 11.5 Å². The zero-order valence-corrected chi connectivity index (χ0v) is 11.1. The van der Waals surface area contributed by atoms with E-state index in [2.05, 4.69) is 0 Å². The number of ether oxygens (including phenoxy) is 1. The Balaban J connectivity index is 2.76. The maximum absolute atomic E-state index is 12.0. The third-order valence-electron chi connectivity index (χ3n) is 2.98. The fraction of sp³-hybridized carbons (Fsp3) is 0.357. The Morgan fingerprint density at radius 2 is 2.11 bits per heavy atom. The number of hydrogen-bond donors (Lipinski definition) is 2. The van der Waals surface area contributed by atoms with E-state index in [1.165, 1.54) is 13.2 Å². The molecule has 0 saturated heterocycles. The van der Waals surface area contributed by atoms with Crippen LogP contribution in [0.15, 0.2) is 21.3 Å². The summed E-state index contributed by atoms with van der Waals surface area (Å²) in [6.45, 7) is 3.27. The van der Waals surface area contributed by atoms with Crippen LogP contribution in [0, 0.1) is 6.92 Å². The van der Waals surface area contributed by atoms with E-state index in [0.717, 1.165) is 0 Å². The summed E-state index contributed by atoms with van der Waals surface area (Å²) in [5.41, 5.74) is -0.0429. The molecule has 0 amide bonds. The molecule has 0 aliphatic carbocycles. The van der Waals surface area contributed by atoms with Gasteiger partial charge in [0.05, 0.1) is 13.2 Å². The molecule has 19 heavy (non-hydrogen) atoms.